The second-order valence-corrected chi connectivity index (χ2v) is 5.21. The number of rotatable bonds is 6. The van der Waals surface area contributed by atoms with Crippen LogP contribution in [0.3, 0.4) is 0 Å². The summed E-state index contributed by atoms with van der Waals surface area (Å²) in [4.78, 5) is 12.0. The number of carbonyl (C=O) groups excluding carboxylic acids is 1. The van der Waals surface area contributed by atoms with Gasteiger partial charge in [0.1, 0.15) is 0 Å². The van der Waals surface area contributed by atoms with Gasteiger partial charge in [-0.15, -0.1) is 0 Å². The lowest BCUT2D eigenvalue weighted by atomic mass is 10.1. The first-order valence-corrected chi connectivity index (χ1v) is 7.22. The second kappa shape index (κ2) is 7.71. The molecule has 0 saturated carbocycles. The smallest absolute Gasteiger partial charge is 0.224 e. The molecule has 0 spiro atoms. The Morgan fingerprint density at radius 3 is 2.50 bits per heavy atom. The highest BCUT2D eigenvalue weighted by Crippen LogP contribution is 2.27. The minimum Gasteiger partial charge on any atom is -0.493 e. The normalized spacial score (nSPS) is 10.1. The van der Waals surface area contributed by atoms with E-state index in [1.165, 1.54) is 0 Å². The highest BCUT2D eigenvalue weighted by molar-refractivity contribution is 6.30. The minimum absolute atomic E-state index is 0.0628. The molecule has 22 heavy (non-hydrogen) atoms. The minimum atomic E-state index is -0.0628. The van der Waals surface area contributed by atoms with Gasteiger partial charge in [0.05, 0.1) is 20.6 Å². The maximum Gasteiger partial charge on any atom is 0.224 e. The molecule has 0 radical (unpaired) electrons. The quantitative estimate of drug-likeness (QED) is 0.889. The number of nitrogens with one attached hydrogen (secondary N) is 1. The number of methoxy groups -OCH3 is 2. The number of ether oxygens (including phenoxy) is 2. The molecule has 2 aromatic carbocycles. The van der Waals surface area contributed by atoms with Crippen LogP contribution in [0.5, 0.6) is 11.5 Å². The first-order valence-electron chi connectivity index (χ1n) is 6.84. The van der Waals surface area contributed by atoms with Crippen molar-refractivity contribution in [2.24, 2.45) is 0 Å². The fraction of sp³-hybridized carbons (Fsp3) is 0.235. The van der Waals surface area contributed by atoms with Gasteiger partial charge < -0.3 is 14.8 Å². The third-order valence-electron chi connectivity index (χ3n) is 3.19. The van der Waals surface area contributed by atoms with Gasteiger partial charge in [-0.2, -0.15) is 0 Å². The Labute approximate surface area is 135 Å². The van der Waals surface area contributed by atoms with Gasteiger partial charge in [0, 0.05) is 11.6 Å². The summed E-state index contributed by atoms with van der Waals surface area (Å²) < 4.78 is 10.4. The van der Waals surface area contributed by atoms with Crippen LogP contribution in [0.2, 0.25) is 5.02 Å². The van der Waals surface area contributed by atoms with Crippen molar-refractivity contribution in [3.63, 3.8) is 0 Å². The summed E-state index contributed by atoms with van der Waals surface area (Å²) in [7, 11) is 3.15. The molecule has 0 aliphatic heterocycles. The van der Waals surface area contributed by atoms with E-state index in [0.29, 0.717) is 23.1 Å². The number of amides is 1. The van der Waals surface area contributed by atoms with E-state index in [-0.39, 0.29) is 12.3 Å². The maximum absolute atomic E-state index is 12.0. The largest absolute Gasteiger partial charge is 0.493 e. The molecule has 0 fully saturated rings. The van der Waals surface area contributed by atoms with Crippen molar-refractivity contribution in [1.82, 2.24) is 5.32 Å². The molecular formula is C17H18ClNO3. The Balaban J connectivity index is 1.94. The summed E-state index contributed by atoms with van der Waals surface area (Å²) in [6.07, 6.45) is 0.279. The predicted molar refractivity (Wildman–Crippen MR) is 86.5 cm³/mol. The Hall–Kier alpha value is -2.20. The van der Waals surface area contributed by atoms with Crippen LogP contribution in [0.15, 0.2) is 42.5 Å². The van der Waals surface area contributed by atoms with E-state index in [9.17, 15) is 4.79 Å². The highest BCUT2D eigenvalue weighted by Gasteiger charge is 2.08. The summed E-state index contributed by atoms with van der Waals surface area (Å²) in [6, 6.07) is 12.9. The van der Waals surface area contributed by atoms with Crippen LogP contribution in [-0.2, 0) is 17.8 Å². The van der Waals surface area contributed by atoms with Crippen LogP contribution in [0.1, 0.15) is 11.1 Å². The van der Waals surface area contributed by atoms with Crippen molar-refractivity contribution >= 4 is 17.5 Å². The molecule has 116 valence electrons. The van der Waals surface area contributed by atoms with Crippen LogP contribution >= 0.6 is 11.6 Å². The van der Waals surface area contributed by atoms with Crippen LogP contribution in [0, 0.1) is 0 Å². The van der Waals surface area contributed by atoms with Crippen molar-refractivity contribution < 1.29 is 14.3 Å². The average molecular weight is 320 g/mol. The zero-order chi connectivity index (χ0) is 15.9. The monoisotopic (exact) mass is 319 g/mol. The topological polar surface area (TPSA) is 47.6 Å². The van der Waals surface area contributed by atoms with E-state index < -0.39 is 0 Å². The Morgan fingerprint density at radius 1 is 1.05 bits per heavy atom. The molecule has 5 heteroatoms. The molecule has 0 aliphatic carbocycles. The lowest BCUT2D eigenvalue weighted by molar-refractivity contribution is -0.120. The number of hydrogen-bond donors (Lipinski definition) is 1. The Morgan fingerprint density at radius 2 is 1.82 bits per heavy atom. The zero-order valence-corrected chi connectivity index (χ0v) is 13.3. The first-order chi connectivity index (χ1) is 10.6. The summed E-state index contributed by atoms with van der Waals surface area (Å²) >= 11 is 5.91. The molecule has 0 atom stereocenters. The van der Waals surface area contributed by atoms with Crippen molar-refractivity contribution in [1.29, 1.82) is 0 Å². The van der Waals surface area contributed by atoms with Gasteiger partial charge in [0.25, 0.3) is 0 Å². The van der Waals surface area contributed by atoms with E-state index in [1.54, 1.807) is 32.4 Å². The molecule has 2 aromatic rings. The molecular weight excluding hydrogens is 302 g/mol. The summed E-state index contributed by atoms with van der Waals surface area (Å²) in [5.41, 5.74) is 1.83. The number of halogens is 1. The molecule has 0 unspecified atom stereocenters. The van der Waals surface area contributed by atoms with E-state index >= 15 is 0 Å². The lowest BCUT2D eigenvalue weighted by Crippen LogP contribution is -2.24. The molecule has 4 nitrogen and oxygen atoms in total. The van der Waals surface area contributed by atoms with E-state index in [1.807, 2.05) is 24.3 Å². The second-order valence-electron chi connectivity index (χ2n) is 4.77. The summed E-state index contributed by atoms with van der Waals surface area (Å²) in [5.74, 6) is 1.19. The van der Waals surface area contributed by atoms with Crippen LogP contribution in [0.25, 0.3) is 0 Å². The number of hydrogen-bond acceptors (Lipinski definition) is 3. The molecule has 1 amide bonds. The number of carbonyl (C=O) groups is 1. The van der Waals surface area contributed by atoms with Crippen molar-refractivity contribution in [3.8, 4) is 11.5 Å². The Bertz CT molecular complexity index is 658. The molecule has 0 aromatic heterocycles. The van der Waals surface area contributed by atoms with Gasteiger partial charge in [-0.05, 0) is 35.4 Å². The first kappa shape index (κ1) is 16.2. The highest BCUT2D eigenvalue weighted by atomic mass is 35.5. The van der Waals surface area contributed by atoms with Crippen molar-refractivity contribution in [2.75, 3.05) is 14.2 Å². The van der Waals surface area contributed by atoms with E-state index in [2.05, 4.69) is 5.32 Å². The SMILES string of the molecule is COc1ccc(CC(=O)NCc2cccc(Cl)c2)cc1OC. The summed E-state index contributed by atoms with van der Waals surface area (Å²) in [6.45, 7) is 0.451. The van der Waals surface area contributed by atoms with Crippen molar-refractivity contribution in [3.05, 3.63) is 58.6 Å². The Kier molecular flexibility index (Phi) is 5.67. The molecule has 0 saturated heterocycles. The molecule has 0 bridgehead atoms. The lowest BCUT2D eigenvalue weighted by Gasteiger charge is -2.10. The van der Waals surface area contributed by atoms with Gasteiger partial charge in [-0.25, -0.2) is 0 Å². The fourth-order valence-corrected chi connectivity index (χ4v) is 2.30. The van der Waals surface area contributed by atoms with Crippen LogP contribution < -0.4 is 14.8 Å². The van der Waals surface area contributed by atoms with E-state index in [0.717, 1.165) is 11.1 Å². The van der Waals surface area contributed by atoms with Crippen molar-refractivity contribution in [2.45, 2.75) is 13.0 Å². The predicted octanol–water partition coefficient (Wildman–Crippen LogP) is 3.22. The van der Waals surface area contributed by atoms with Gasteiger partial charge >= 0.3 is 0 Å². The van der Waals surface area contributed by atoms with Gasteiger partial charge in [-0.3, -0.25) is 4.79 Å². The van der Waals surface area contributed by atoms with Gasteiger partial charge in [-0.1, -0.05) is 29.8 Å². The van der Waals surface area contributed by atoms with Gasteiger partial charge in [0.2, 0.25) is 5.91 Å². The zero-order valence-electron chi connectivity index (χ0n) is 12.6. The average Bonchev–Trinajstić information content (AvgIpc) is 2.53. The number of benzene rings is 2. The molecule has 0 heterocycles. The summed E-state index contributed by atoms with van der Waals surface area (Å²) in [5, 5.41) is 3.53. The van der Waals surface area contributed by atoms with Crippen LogP contribution in [0.4, 0.5) is 0 Å². The third-order valence-corrected chi connectivity index (χ3v) is 3.43. The third kappa shape index (κ3) is 4.40. The molecule has 0 aliphatic rings. The molecule has 2 rings (SSSR count). The maximum atomic E-state index is 12.0. The van der Waals surface area contributed by atoms with Crippen LogP contribution in [-0.4, -0.2) is 20.1 Å². The fourth-order valence-electron chi connectivity index (χ4n) is 2.09. The molecule has 1 N–H and O–H groups in total. The van der Waals surface area contributed by atoms with E-state index in [4.69, 9.17) is 21.1 Å². The standard InChI is InChI=1S/C17H18ClNO3/c1-21-15-7-6-12(9-16(15)22-2)10-17(20)19-11-13-4-3-5-14(18)8-13/h3-9H,10-11H2,1-2H3,(H,19,20). The van der Waals surface area contributed by atoms with Gasteiger partial charge in [0.15, 0.2) is 11.5 Å².